The number of benzene rings is 1. The molecule has 2 atom stereocenters. The van der Waals surface area contributed by atoms with Gasteiger partial charge in [-0.25, -0.2) is 4.79 Å². The summed E-state index contributed by atoms with van der Waals surface area (Å²) in [5.74, 6) is -1.81. The van der Waals surface area contributed by atoms with Crippen molar-refractivity contribution in [2.75, 3.05) is 6.61 Å². The molecular weight excluding hydrogens is 374 g/mol. The quantitative estimate of drug-likeness (QED) is 0.716. The molecule has 0 radical (unpaired) electrons. The molecule has 130 valence electrons. The molecule has 0 bridgehead atoms. The fraction of sp³-hybridized carbons (Fsp3) is 0.500. The molecule has 0 amide bonds. The second-order valence-corrected chi connectivity index (χ2v) is 7.19. The molecule has 1 aromatic carbocycles. The molecule has 1 aromatic rings. The number of esters is 1. The predicted molar refractivity (Wildman–Crippen MR) is 93.2 cm³/mol. The van der Waals surface area contributed by atoms with Gasteiger partial charge in [-0.2, -0.15) is 5.26 Å². The first-order valence-corrected chi connectivity index (χ1v) is 8.49. The molecule has 0 unspecified atom stereocenters. The van der Waals surface area contributed by atoms with Crippen LogP contribution in [0.2, 0.25) is 0 Å². The van der Waals surface area contributed by atoms with E-state index < -0.39 is 28.7 Å². The Morgan fingerprint density at radius 1 is 1.33 bits per heavy atom. The molecule has 0 heterocycles. The van der Waals surface area contributed by atoms with Crippen LogP contribution < -0.4 is 0 Å². The van der Waals surface area contributed by atoms with Crippen molar-refractivity contribution in [1.29, 1.82) is 5.26 Å². The Morgan fingerprint density at radius 2 is 1.88 bits per heavy atom. The molecule has 0 aliphatic rings. The number of ether oxygens (including phenoxy) is 1. The largest absolute Gasteiger partial charge is 0.465 e. The average Bonchev–Trinajstić information content (AvgIpc) is 2.51. The van der Waals surface area contributed by atoms with Crippen molar-refractivity contribution in [2.24, 2.45) is 5.92 Å². The summed E-state index contributed by atoms with van der Waals surface area (Å²) in [4.78, 5) is 24.9. The predicted octanol–water partition coefficient (Wildman–Crippen LogP) is 3.14. The fourth-order valence-electron chi connectivity index (χ4n) is 2.62. The van der Waals surface area contributed by atoms with Crippen LogP contribution in [0, 0.1) is 17.2 Å². The van der Waals surface area contributed by atoms with Crippen molar-refractivity contribution in [3.63, 3.8) is 0 Å². The second-order valence-electron chi connectivity index (χ2n) is 6.27. The number of carbonyl (C=O) groups is 2. The molecule has 1 rings (SSSR count). The maximum Gasteiger partial charge on any atom is 0.331 e. The monoisotopic (exact) mass is 395 g/mol. The number of aliphatic hydroxyl groups is 1. The summed E-state index contributed by atoms with van der Waals surface area (Å²) >= 11 is 3.32. The molecule has 0 fully saturated rings. The van der Waals surface area contributed by atoms with E-state index in [-0.39, 0.29) is 13.0 Å². The number of hydrogen-bond donors (Lipinski definition) is 1. The van der Waals surface area contributed by atoms with Crippen molar-refractivity contribution in [1.82, 2.24) is 0 Å². The third-order valence-electron chi connectivity index (χ3n) is 3.81. The summed E-state index contributed by atoms with van der Waals surface area (Å²) < 4.78 is 5.91. The number of ketones is 1. The van der Waals surface area contributed by atoms with Crippen molar-refractivity contribution in [3.05, 3.63) is 34.3 Å². The number of nitriles is 1. The van der Waals surface area contributed by atoms with E-state index in [9.17, 15) is 20.0 Å². The first-order chi connectivity index (χ1) is 11.1. The van der Waals surface area contributed by atoms with E-state index in [0.29, 0.717) is 5.56 Å². The van der Waals surface area contributed by atoms with E-state index in [4.69, 9.17) is 4.74 Å². The highest BCUT2D eigenvalue weighted by Gasteiger charge is 2.46. The van der Waals surface area contributed by atoms with Crippen molar-refractivity contribution < 1.29 is 19.4 Å². The van der Waals surface area contributed by atoms with Gasteiger partial charge in [-0.05, 0) is 44.9 Å². The molecule has 0 spiro atoms. The van der Waals surface area contributed by atoms with Crippen LogP contribution in [0.4, 0.5) is 0 Å². The van der Waals surface area contributed by atoms with E-state index in [0.717, 1.165) is 4.47 Å². The zero-order valence-corrected chi connectivity index (χ0v) is 15.9. The van der Waals surface area contributed by atoms with Gasteiger partial charge < -0.3 is 9.84 Å². The average molecular weight is 396 g/mol. The topological polar surface area (TPSA) is 87.4 Å². The third-order valence-corrected chi connectivity index (χ3v) is 4.34. The number of carbonyl (C=O) groups excluding carboxylic acids is 2. The van der Waals surface area contributed by atoms with Gasteiger partial charge in [-0.15, -0.1) is 0 Å². The summed E-state index contributed by atoms with van der Waals surface area (Å²) in [6.45, 7) is 6.18. The van der Waals surface area contributed by atoms with Gasteiger partial charge in [0, 0.05) is 10.4 Å². The summed E-state index contributed by atoms with van der Waals surface area (Å²) in [6, 6.07) is 8.82. The molecule has 0 aromatic heterocycles. The Labute approximate surface area is 150 Å². The van der Waals surface area contributed by atoms with Crippen LogP contribution in [-0.2, 0) is 19.7 Å². The normalized spacial score (nSPS) is 15.0. The van der Waals surface area contributed by atoms with Gasteiger partial charge in [-0.1, -0.05) is 35.0 Å². The highest BCUT2D eigenvalue weighted by atomic mass is 79.9. The first-order valence-electron chi connectivity index (χ1n) is 7.69. The lowest BCUT2D eigenvalue weighted by molar-refractivity contribution is -0.149. The maximum absolute atomic E-state index is 12.6. The van der Waals surface area contributed by atoms with E-state index in [1.165, 1.54) is 13.8 Å². The number of Topliss-reactive ketones (excluding diaryl/α,β-unsaturated/α-hetero) is 1. The lowest BCUT2D eigenvalue weighted by Crippen LogP contribution is -2.43. The summed E-state index contributed by atoms with van der Waals surface area (Å²) in [5, 5.41) is 19.7. The molecule has 0 saturated carbocycles. The molecule has 6 heteroatoms. The Kier molecular flexibility index (Phi) is 6.70. The highest BCUT2D eigenvalue weighted by molar-refractivity contribution is 9.10. The van der Waals surface area contributed by atoms with Crippen LogP contribution in [0.5, 0.6) is 0 Å². The minimum atomic E-state index is -1.60. The van der Waals surface area contributed by atoms with Gasteiger partial charge in [0.1, 0.15) is 5.60 Å². The van der Waals surface area contributed by atoms with Crippen LogP contribution in [0.1, 0.15) is 39.7 Å². The summed E-state index contributed by atoms with van der Waals surface area (Å²) in [6.07, 6.45) is -0.0627. The van der Waals surface area contributed by atoms with E-state index in [2.05, 4.69) is 15.9 Å². The van der Waals surface area contributed by atoms with Crippen LogP contribution in [0.25, 0.3) is 0 Å². The van der Waals surface area contributed by atoms with Crippen molar-refractivity contribution in [3.8, 4) is 6.07 Å². The van der Waals surface area contributed by atoms with Crippen LogP contribution in [0.15, 0.2) is 28.7 Å². The zero-order valence-electron chi connectivity index (χ0n) is 14.3. The number of rotatable bonds is 7. The molecular formula is C18H22BrNO4. The Bertz CT molecular complexity index is 642. The first kappa shape index (κ1) is 20.3. The molecule has 0 aliphatic carbocycles. The van der Waals surface area contributed by atoms with Gasteiger partial charge in [-0.3, -0.25) is 4.79 Å². The zero-order chi connectivity index (χ0) is 18.5. The number of nitrogens with zero attached hydrogens (tertiary/aromatic N) is 1. The van der Waals surface area contributed by atoms with Gasteiger partial charge in [0.25, 0.3) is 0 Å². The van der Waals surface area contributed by atoms with Crippen molar-refractivity contribution in [2.45, 2.75) is 45.1 Å². The van der Waals surface area contributed by atoms with Gasteiger partial charge in [0.05, 0.1) is 12.7 Å². The van der Waals surface area contributed by atoms with E-state index in [1.54, 1.807) is 38.1 Å². The fourth-order valence-corrected chi connectivity index (χ4v) is 2.88. The van der Waals surface area contributed by atoms with Crippen LogP contribution in [0.3, 0.4) is 0 Å². The summed E-state index contributed by atoms with van der Waals surface area (Å²) in [7, 11) is 0. The minimum Gasteiger partial charge on any atom is -0.465 e. The molecule has 1 N–H and O–H groups in total. The number of hydrogen-bond acceptors (Lipinski definition) is 5. The highest BCUT2D eigenvalue weighted by Crippen LogP contribution is 2.34. The molecule has 5 nitrogen and oxygen atoms in total. The van der Waals surface area contributed by atoms with Gasteiger partial charge in [0.2, 0.25) is 0 Å². The second kappa shape index (κ2) is 7.91. The lowest BCUT2D eigenvalue weighted by atomic mass is 9.73. The lowest BCUT2D eigenvalue weighted by Gasteiger charge is -2.29. The Morgan fingerprint density at radius 3 is 2.29 bits per heavy atom. The standard InChI is InChI=1S/C18H22BrNO4/c1-5-24-16(22)18(11-20,13-6-8-14(19)9-7-13)10-12(2)15(21)17(3,4)23/h6-9,12,23H,5,10H2,1-4H3/t12-,18+/m0/s1. The third kappa shape index (κ3) is 4.43. The van der Waals surface area contributed by atoms with E-state index in [1.807, 2.05) is 6.07 Å². The SMILES string of the molecule is CCOC(=O)[C@@](C#N)(C[C@H](C)C(=O)C(C)(C)O)c1ccc(Br)cc1. The molecule has 0 saturated heterocycles. The van der Waals surface area contributed by atoms with Gasteiger partial charge >= 0.3 is 5.97 Å². The number of halogens is 1. The minimum absolute atomic E-state index is 0.0627. The smallest absolute Gasteiger partial charge is 0.331 e. The van der Waals surface area contributed by atoms with Crippen LogP contribution in [-0.4, -0.2) is 29.1 Å². The Balaban J connectivity index is 3.33. The van der Waals surface area contributed by atoms with Crippen LogP contribution >= 0.6 is 15.9 Å². The maximum atomic E-state index is 12.6. The summed E-state index contributed by atoms with van der Waals surface area (Å²) in [5.41, 5.74) is -2.67. The molecule has 0 aliphatic heterocycles. The molecule has 24 heavy (non-hydrogen) atoms. The van der Waals surface area contributed by atoms with E-state index >= 15 is 0 Å². The Hall–Kier alpha value is -1.71. The van der Waals surface area contributed by atoms with Gasteiger partial charge in [0.15, 0.2) is 11.2 Å². The van der Waals surface area contributed by atoms with Crippen molar-refractivity contribution >= 4 is 27.7 Å².